The number of nitrogens with zero attached hydrogens (tertiary/aromatic N) is 3. The van der Waals surface area contributed by atoms with E-state index in [1.54, 1.807) is 4.68 Å². The molecule has 2 heterocycles. The van der Waals surface area contributed by atoms with Gasteiger partial charge in [-0.3, -0.25) is 0 Å². The van der Waals surface area contributed by atoms with Gasteiger partial charge in [0.15, 0.2) is 20.6 Å². The monoisotopic (exact) mass is 315 g/mol. The van der Waals surface area contributed by atoms with Gasteiger partial charge in [-0.25, -0.2) is 13.1 Å². The summed E-state index contributed by atoms with van der Waals surface area (Å²) < 4.78 is 25.8. The summed E-state index contributed by atoms with van der Waals surface area (Å²) in [4.78, 5) is 2.09. The van der Waals surface area contributed by atoms with E-state index in [0.717, 1.165) is 32.2 Å². The molecule has 1 fully saturated rings. The predicted molar refractivity (Wildman–Crippen MR) is 84.1 cm³/mol. The highest BCUT2D eigenvalue weighted by Crippen LogP contribution is 2.31. The van der Waals surface area contributed by atoms with E-state index in [0.29, 0.717) is 18.9 Å². The van der Waals surface area contributed by atoms with Crippen molar-refractivity contribution in [2.24, 2.45) is 5.73 Å². The van der Waals surface area contributed by atoms with E-state index in [1.807, 2.05) is 4.90 Å². The summed E-state index contributed by atoms with van der Waals surface area (Å²) in [5.74, 6) is 0.696. The first-order valence-corrected chi connectivity index (χ1v) is 9.30. The highest BCUT2D eigenvalue weighted by molar-refractivity contribution is 7.91. The van der Waals surface area contributed by atoms with Crippen LogP contribution >= 0.6 is 0 Å². The van der Waals surface area contributed by atoms with E-state index in [9.17, 15) is 8.42 Å². The predicted octanol–water partition coefficient (Wildman–Crippen LogP) is 0.596. The second kappa shape index (κ2) is 6.23. The number of aryl methyl sites for hydroxylation is 1. The first-order chi connectivity index (χ1) is 9.84. The van der Waals surface area contributed by atoms with Crippen molar-refractivity contribution < 1.29 is 8.42 Å². The van der Waals surface area contributed by atoms with Gasteiger partial charge in [0.1, 0.15) is 5.82 Å². The lowest BCUT2D eigenvalue weighted by Crippen LogP contribution is -2.43. The number of nitrogen functional groups attached to an aromatic ring is 1. The van der Waals surface area contributed by atoms with Crippen LogP contribution in [0.15, 0.2) is 4.90 Å². The molecule has 1 saturated heterocycles. The Hall–Kier alpha value is -1.28. The summed E-state index contributed by atoms with van der Waals surface area (Å²) in [7, 11) is -3.43. The molecule has 8 heteroatoms. The number of nitrogens with two attached hydrogens (primary N) is 2. The fraction of sp³-hybridized carbons (Fsp3) is 0.769. The van der Waals surface area contributed by atoms with Gasteiger partial charge >= 0.3 is 0 Å². The van der Waals surface area contributed by atoms with Gasteiger partial charge in [-0.15, -0.1) is 0 Å². The Labute approximate surface area is 126 Å². The van der Waals surface area contributed by atoms with Crippen molar-refractivity contribution in [1.82, 2.24) is 9.78 Å². The zero-order chi connectivity index (χ0) is 15.6. The average molecular weight is 315 g/mol. The Bertz CT molecular complexity index is 596. The van der Waals surface area contributed by atoms with Crippen LogP contribution in [0, 0.1) is 0 Å². The molecule has 1 aromatic rings. The third-order valence-electron chi connectivity index (χ3n) is 3.78. The molecular weight excluding hydrogens is 290 g/mol. The van der Waals surface area contributed by atoms with Gasteiger partial charge in [-0.1, -0.05) is 13.3 Å². The second-order valence-electron chi connectivity index (χ2n) is 5.74. The van der Waals surface area contributed by atoms with Crippen LogP contribution in [0.1, 0.15) is 32.6 Å². The highest BCUT2D eigenvalue weighted by Gasteiger charge is 2.29. The molecule has 1 aliphatic heterocycles. The number of sulfone groups is 1. The molecule has 0 bridgehead atoms. The molecule has 2 rings (SSSR count). The zero-order valence-corrected chi connectivity index (χ0v) is 13.6. The Morgan fingerprint density at radius 1 is 1.43 bits per heavy atom. The number of hydrogen-bond donors (Lipinski definition) is 2. The Morgan fingerprint density at radius 3 is 2.71 bits per heavy atom. The van der Waals surface area contributed by atoms with Crippen LogP contribution in [-0.2, 0) is 16.4 Å². The standard InChI is InChI=1S/C13H25N5O2S/c1-3-4-8-18-12(15)11(21(2,19)20)13(16-18)17-7-5-6-10(14)9-17/h10H,3-9,14-15H2,1-2H3. The summed E-state index contributed by atoms with van der Waals surface area (Å²) in [6, 6.07) is 0.0492. The Kier molecular flexibility index (Phi) is 4.77. The van der Waals surface area contributed by atoms with Crippen LogP contribution in [0.25, 0.3) is 0 Å². The first kappa shape index (κ1) is 16.1. The molecule has 120 valence electrons. The smallest absolute Gasteiger partial charge is 0.182 e. The number of piperidine rings is 1. The SMILES string of the molecule is CCCCn1nc(N2CCCC(N)C2)c(S(C)(=O)=O)c1N. The summed E-state index contributed by atoms with van der Waals surface area (Å²) in [6.45, 7) is 4.08. The summed E-state index contributed by atoms with van der Waals surface area (Å²) in [5, 5.41) is 4.45. The van der Waals surface area contributed by atoms with Crippen LogP contribution in [0.2, 0.25) is 0 Å². The van der Waals surface area contributed by atoms with Gasteiger partial charge in [0.2, 0.25) is 0 Å². The van der Waals surface area contributed by atoms with Gasteiger partial charge in [-0.05, 0) is 19.3 Å². The minimum Gasteiger partial charge on any atom is -0.383 e. The Balaban J connectivity index is 2.43. The maximum absolute atomic E-state index is 12.1. The molecule has 0 aliphatic carbocycles. The van der Waals surface area contributed by atoms with Crippen molar-refractivity contribution in [2.45, 2.75) is 50.1 Å². The molecule has 1 unspecified atom stereocenters. The lowest BCUT2D eigenvalue weighted by atomic mass is 10.1. The molecule has 4 N–H and O–H groups in total. The van der Waals surface area contributed by atoms with Crippen molar-refractivity contribution in [1.29, 1.82) is 0 Å². The minimum absolute atomic E-state index is 0.0492. The van der Waals surface area contributed by atoms with Gasteiger partial charge in [-0.2, -0.15) is 5.10 Å². The normalized spacial score (nSPS) is 20.0. The van der Waals surface area contributed by atoms with Crippen LogP contribution < -0.4 is 16.4 Å². The van der Waals surface area contributed by atoms with Crippen molar-refractivity contribution >= 4 is 21.5 Å². The minimum atomic E-state index is -3.43. The topological polar surface area (TPSA) is 107 Å². The van der Waals surface area contributed by atoms with Crippen molar-refractivity contribution in [3.05, 3.63) is 0 Å². The first-order valence-electron chi connectivity index (χ1n) is 7.41. The summed E-state index contributed by atoms with van der Waals surface area (Å²) >= 11 is 0. The number of unbranched alkanes of at least 4 members (excludes halogenated alkanes) is 1. The molecule has 0 amide bonds. The fourth-order valence-corrected chi connectivity index (χ4v) is 3.68. The quantitative estimate of drug-likeness (QED) is 0.824. The molecule has 1 aliphatic rings. The zero-order valence-electron chi connectivity index (χ0n) is 12.7. The molecule has 0 radical (unpaired) electrons. The van der Waals surface area contributed by atoms with Crippen LogP contribution in [0.5, 0.6) is 0 Å². The molecule has 0 saturated carbocycles. The van der Waals surface area contributed by atoms with Crippen LogP contribution in [0.3, 0.4) is 0 Å². The number of aromatic nitrogens is 2. The molecular formula is C13H25N5O2S. The third-order valence-corrected chi connectivity index (χ3v) is 4.91. The summed E-state index contributed by atoms with van der Waals surface area (Å²) in [6.07, 6.45) is 4.98. The van der Waals surface area contributed by atoms with Gasteiger partial charge in [0.05, 0.1) is 0 Å². The maximum atomic E-state index is 12.1. The molecule has 1 aromatic heterocycles. The van der Waals surface area contributed by atoms with Crippen molar-refractivity contribution in [3.8, 4) is 0 Å². The van der Waals surface area contributed by atoms with E-state index in [2.05, 4.69) is 12.0 Å². The fourth-order valence-electron chi connectivity index (χ4n) is 2.69. The van der Waals surface area contributed by atoms with E-state index in [4.69, 9.17) is 11.5 Å². The van der Waals surface area contributed by atoms with Crippen LogP contribution in [0.4, 0.5) is 11.6 Å². The lowest BCUT2D eigenvalue weighted by Gasteiger charge is -2.31. The molecule has 1 atom stereocenters. The van der Waals surface area contributed by atoms with E-state index in [-0.39, 0.29) is 16.8 Å². The number of hydrogen-bond acceptors (Lipinski definition) is 6. The molecule has 0 aromatic carbocycles. The summed E-state index contributed by atoms with van der Waals surface area (Å²) in [5.41, 5.74) is 12.0. The van der Waals surface area contributed by atoms with E-state index in [1.165, 1.54) is 6.26 Å². The lowest BCUT2D eigenvalue weighted by molar-refractivity contribution is 0.496. The van der Waals surface area contributed by atoms with Gasteiger partial charge in [0.25, 0.3) is 0 Å². The van der Waals surface area contributed by atoms with Gasteiger partial charge < -0.3 is 16.4 Å². The number of anilines is 2. The molecule has 0 spiro atoms. The second-order valence-corrected chi connectivity index (χ2v) is 7.69. The Morgan fingerprint density at radius 2 is 2.14 bits per heavy atom. The highest BCUT2D eigenvalue weighted by atomic mass is 32.2. The largest absolute Gasteiger partial charge is 0.383 e. The maximum Gasteiger partial charge on any atom is 0.182 e. The molecule has 7 nitrogen and oxygen atoms in total. The van der Waals surface area contributed by atoms with Crippen LogP contribution in [-0.4, -0.2) is 43.6 Å². The van der Waals surface area contributed by atoms with E-state index < -0.39 is 9.84 Å². The van der Waals surface area contributed by atoms with Crippen molar-refractivity contribution in [2.75, 3.05) is 30.0 Å². The van der Waals surface area contributed by atoms with Gasteiger partial charge in [0, 0.05) is 31.9 Å². The average Bonchev–Trinajstić information content (AvgIpc) is 2.73. The molecule has 21 heavy (non-hydrogen) atoms. The van der Waals surface area contributed by atoms with Crippen molar-refractivity contribution in [3.63, 3.8) is 0 Å². The number of rotatable bonds is 5. The third kappa shape index (κ3) is 3.49. The van der Waals surface area contributed by atoms with E-state index >= 15 is 0 Å².